The minimum Gasteiger partial charge on any atom is -0.449 e. The third-order valence-corrected chi connectivity index (χ3v) is 5.84. The number of carbonyl (C=O) groups excluding carboxylic acids is 2. The number of aromatic nitrogens is 2. The Balaban J connectivity index is 1.60. The number of benzene rings is 1. The third-order valence-electron chi connectivity index (χ3n) is 5.84. The van der Waals surface area contributed by atoms with Crippen LogP contribution in [0.1, 0.15) is 56.5 Å². The normalized spacial score (nSPS) is 20.1. The molecule has 1 aromatic carbocycles. The molecule has 1 aromatic heterocycles. The second kappa shape index (κ2) is 9.74. The van der Waals surface area contributed by atoms with Gasteiger partial charge in [0.25, 0.3) is 5.91 Å². The van der Waals surface area contributed by atoms with Crippen LogP contribution in [0.15, 0.2) is 36.4 Å². The van der Waals surface area contributed by atoms with Crippen LogP contribution in [0.4, 0.5) is 0 Å². The summed E-state index contributed by atoms with van der Waals surface area (Å²) in [7, 11) is 0. The molecular formula is C24H31N3O3. The summed E-state index contributed by atoms with van der Waals surface area (Å²) in [4.78, 5) is 24.7. The van der Waals surface area contributed by atoms with Crippen LogP contribution in [0.2, 0.25) is 0 Å². The zero-order valence-corrected chi connectivity index (χ0v) is 18.2. The summed E-state index contributed by atoms with van der Waals surface area (Å²) >= 11 is 0. The van der Waals surface area contributed by atoms with Crippen LogP contribution in [0.3, 0.4) is 0 Å². The summed E-state index contributed by atoms with van der Waals surface area (Å²) in [6.45, 7) is 7.63. The molecule has 0 aliphatic heterocycles. The van der Waals surface area contributed by atoms with Crippen molar-refractivity contribution in [1.82, 2.24) is 15.1 Å². The molecule has 1 amide bonds. The van der Waals surface area contributed by atoms with Gasteiger partial charge in [0.15, 0.2) is 6.10 Å². The van der Waals surface area contributed by atoms with E-state index in [1.807, 2.05) is 48.9 Å². The molecule has 0 unspecified atom stereocenters. The predicted octanol–water partition coefficient (Wildman–Crippen LogP) is 4.13. The standard InChI is InChI=1S/C24H31N3O3/c1-16-10-8-9-13-22(16)25-24(29)19(4)30-23(28)15-14-21-17(2)26-27(18(21)3)20-11-6-5-7-12-20/h5-7,11-12,14-16,19,22H,8-10,13H2,1-4H3,(H,25,29)/b15-14+/t16-,19+,22+/m0/s1. The molecule has 0 bridgehead atoms. The molecule has 1 N–H and O–H groups in total. The summed E-state index contributed by atoms with van der Waals surface area (Å²) in [5.74, 6) is -0.321. The molecule has 160 valence electrons. The van der Waals surface area contributed by atoms with E-state index >= 15 is 0 Å². The molecule has 1 fully saturated rings. The third kappa shape index (κ3) is 5.17. The van der Waals surface area contributed by atoms with Crippen molar-refractivity contribution in [2.45, 2.75) is 65.5 Å². The summed E-state index contributed by atoms with van der Waals surface area (Å²) in [5.41, 5.74) is 3.57. The Labute approximate surface area is 178 Å². The van der Waals surface area contributed by atoms with Gasteiger partial charge < -0.3 is 10.1 Å². The lowest BCUT2D eigenvalue weighted by atomic mass is 9.86. The number of hydrogen-bond acceptors (Lipinski definition) is 4. The fraction of sp³-hybridized carbons (Fsp3) is 0.458. The quantitative estimate of drug-likeness (QED) is 0.575. The van der Waals surface area contributed by atoms with Crippen LogP contribution in [-0.2, 0) is 14.3 Å². The van der Waals surface area contributed by atoms with Gasteiger partial charge >= 0.3 is 5.97 Å². The number of ether oxygens (including phenoxy) is 1. The van der Waals surface area contributed by atoms with Crippen molar-refractivity contribution in [2.75, 3.05) is 0 Å². The van der Waals surface area contributed by atoms with Gasteiger partial charge in [-0.3, -0.25) is 4.79 Å². The number of nitrogens with zero attached hydrogens (tertiary/aromatic N) is 2. The Morgan fingerprint density at radius 2 is 1.90 bits per heavy atom. The average Bonchev–Trinajstić information content (AvgIpc) is 3.02. The second-order valence-corrected chi connectivity index (χ2v) is 8.12. The van der Waals surface area contributed by atoms with Gasteiger partial charge in [-0.05, 0) is 57.7 Å². The Kier molecular flexibility index (Phi) is 7.08. The number of rotatable bonds is 6. The highest BCUT2D eigenvalue weighted by atomic mass is 16.5. The molecule has 0 spiro atoms. The SMILES string of the molecule is Cc1nn(-c2ccccc2)c(C)c1/C=C/C(=O)O[C@H](C)C(=O)N[C@@H]1CCCC[C@@H]1C. The first-order chi connectivity index (χ1) is 14.4. The minimum atomic E-state index is -0.828. The van der Waals surface area contributed by atoms with Gasteiger partial charge in [-0.2, -0.15) is 5.10 Å². The maximum Gasteiger partial charge on any atom is 0.331 e. The van der Waals surface area contributed by atoms with Crippen molar-refractivity contribution in [1.29, 1.82) is 0 Å². The summed E-state index contributed by atoms with van der Waals surface area (Å²) in [6.07, 6.45) is 6.68. The van der Waals surface area contributed by atoms with Crippen LogP contribution in [-0.4, -0.2) is 33.8 Å². The molecule has 1 aliphatic carbocycles. The highest BCUT2D eigenvalue weighted by molar-refractivity contribution is 5.90. The maximum absolute atomic E-state index is 12.4. The van der Waals surface area contributed by atoms with Gasteiger partial charge in [0.2, 0.25) is 0 Å². The first-order valence-corrected chi connectivity index (χ1v) is 10.7. The van der Waals surface area contributed by atoms with Crippen molar-refractivity contribution in [3.8, 4) is 5.69 Å². The number of amides is 1. The van der Waals surface area contributed by atoms with Crippen LogP contribution in [0, 0.1) is 19.8 Å². The molecule has 0 radical (unpaired) electrons. The van der Waals surface area contributed by atoms with E-state index in [-0.39, 0.29) is 11.9 Å². The van der Waals surface area contributed by atoms with E-state index < -0.39 is 12.1 Å². The lowest BCUT2D eigenvalue weighted by Crippen LogP contribution is -2.45. The maximum atomic E-state index is 12.4. The smallest absolute Gasteiger partial charge is 0.331 e. The largest absolute Gasteiger partial charge is 0.449 e. The van der Waals surface area contributed by atoms with Crippen molar-refractivity contribution >= 4 is 18.0 Å². The van der Waals surface area contributed by atoms with E-state index in [1.54, 1.807) is 13.0 Å². The van der Waals surface area contributed by atoms with E-state index in [4.69, 9.17) is 4.74 Å². The Hall–Kier alpha value is -2.89. The monoisotopic (exact) mass is 409 g/mol. The zero-order valence-electron chi connectivity index (χ0n) is 18.2. The van der Waals surface area contributed by atoms with E-state index in [1.165, 1.54) is 12.5 Å². The van der Waals surface area contributed by atoms with Crippen molar-refractivity contribution in [3.05, 3.63) is 53.4 Å². The number of aryl methyl sites for hydroxylation is 1. The number of nitrogens with one attached hydrogen (secondary N) is 1. The Bertz CT molecular complexity index is 917. The van der Waals surface area contributed by atoms with Crippen molar-refractivity contribution in [3.63, 3.8) is 0 Å². The van der Waals surface area contributed by atoms with Crippen LogP contribution >= 0.6 is 0 Å². The predicted molar refractivity (Wildman–Crippen MR) is 117 cm³/mol. The lowest BCUT2D eigenvalue weighted by Gasteiger charge is -2.30. The fourth-order valence-corrected chi connectivity index (χ4v) is 3.97. The first kappa shape index (κ1) is 21.8. The lowest BCUT2D eigenvalue weighted by molar-refractivity contribution is -0.150. The molecule has 3 atom stereocenters. The Morgan fingerprint density at radius 3 is 2.60 bits per heavy atom. The van der Waals surface area contributed by atoms with Gasteiger partial charge in [0, 0.05) is 23.4 Å². The molecule has 1 aliphatic rings. The van der Waals surface area contributed by atoms with Crippen LogP contribution in [0.5, 0.6) is 0 Å². The van der Waals surface area contributed by atoms with Crippen molar-refractivity contribution in [2.24, 2.45) is 5.92 Å². The van der Waals surface area contributed by atoms with Crippen molar-refractivity contribution < 1.29 is 14.3 Å². The highest BCUT2D eigenvalue weighted by Gasteiger charge is 2.26. The van der Waals surface area contributed by atoms with E-state index in [2.05, 4.69) is 17.3 Å². The molecule has 6 heteroatoms. The number of carbonyl (C=O) groups is 2. The molecule has 6 nitrogen and oxygen atoms in total. The topological polar surface area (TPSA) is 73.2 Å². The molecule has 2 aromatic rings. The van der Waals surface area contributed by atoms with E-state index in [0.29, 0.717) is 5.92 Å². The number of para-hydroxylation sites is 1. The van der Waals surface area contributed by atoms with Gasteiger partial charge in [0.1, 0.15) is 0 Å². The zero-order chi connectivity index (χ0) is 21.7. The number of esters is 1. The van der Waals surface area contributed by atoms with Gasteiger partial charge in [0.05, 0.1) is 11.4 Å². The molecular weight excluding hydrogens is 378 g/mol. The summed E-state index contributed by atoms with van der Waals surface area (Å²) in [6, 6.07) is 10.00. The molecule has 1 saturated carbocycles. The van der Waals surface area contributed by atoms with Crippen LogP contribution in [0.25, 0.3) is 11.8 Å². The second-order valence-electron chi connectivity index (χ2n) is 8.12. The first-order valence-electron chi connectivity index (χ1n) is 10.7. The van der Waals surface area contributed by atoms with E-state index in [0.717, 1.165) is 41.9 Å². The molecule has 3 rings (SSSR count). The molecule has 1 heterocycles. The van der Waals surface area contributed by atoms with E-state index in [9.17, 15) is 9.59 Å². The minimum absolute atomic E-state index is 0.164. The summed E-state index contributed by atoms with van der Waals surface area (Å²) < 4.78 is 7.17. The van der Waals surface area contributed by atoms with Crippen LogP contribution < -0.4 is 5.32 Å². The average molecular weight is 410 g/mol. The van der Waals surface area contributed by atoms with Gasteiger partial charge in [-0.25, -0.2) is 9.48 Å². The van der Waals surface area contributed by atoms with Gasteiger partial charge in [-0.1, -0.05) is 38.0 Å². The summed E-state index contributed by atoms with van der Waals surface area (Å²) in [5, 5.41) is 7.60. The molecule has 0 saturated heterocycles. The Morgan fingerprint density at radius 1 is 1.20 bits per heavy atom. The number of hydrogen-bond donors (Lipinski definition) is 1. The van der Waals surface area contributed by atoms with Gasteiger partial charge in [-0.15, -0.1) is 0 Å². The fourth-order valence-electron chi connectivity index (χ4n) is 3.97. The highest BCUT2D eigenvalue weighted by Crippen LogP contribution is 2.24. The molecule has 30 heavy (non-hydrogen) atoms.